The molecule has 0 radical (unpaired) electrons. The summed E-state index contributed by atoms with van der Waals surface area (Å²) in [5, 5.41) is 2.50. The largest absolute Gasteiger partial charge is 0.469 e. The molecule has 0 fully saturated rings. The van der Waals surface area contributed by atoms with E-state index in [9.17, 15) is 9.36 Å². The molecule has 0 unspecified atom stereocenters. The third-order valence-corrected chi connectivity index (χ3v) is 5.31. The number of amides is 1. The van der Waals surface area contributed by atoms with E-state index in [0.29, 0.717) is 0 Å². The van der Waals surface area contributed by atoms with Gasteiger partial charge >= 0.3 is 7.82 Å². The molecule has 7 heteroatoms. The Kier molecular flexibility index (Phi) is 10.0. The fraction of sp³-hybridized carbons (Fsp3) is 0.500. The van der Waals surface area contributed by atoms with Crippen LogP contribution in [0.4, 0.5) is 0 Å². The van der Waals surface area contributed by atoms with Gasteiger partial charge in [0.2, 0.25) is 5.91 Å². The predicted octanol–water partition coefficient (Wildman–Crippen LogP) is 4.74. The average Bonchev–Trinajstić information content (AvgIpc) is 2.57. The Morgan fingerprint density at radius 3 is 2.55 bits per heavy atom. The van der Waals surface area contributed by atoms with Crippen molar-refractivity contribution in [1.82, 2.24) is 5.32 Å². The summed E-state index contributed by atoms with van der Waals surface area (Å²) in [6, 6.07) is 0. The van der Waals surface area contributed by atoms with Crippen LogP contribution in [0.1, 0.15) is 53.9 Å². The summed E-state index contributed by atoms with van der Waals surface area (Å²) in [4.78, 5) is 28.9. The van der Waals surface area contributed by atoms with E-state index in [-0.39, 0.29) is 24.5 Å². The number of rotatable bonds is 9. The first-order chi connectivity index (χ1) is 13.4. The van der Waals surface area contributed by atoms with Gasteiger partial charge < -0.3 is 15.1 Å². The van der Waals surface area contributed by atoms with Crippen LogP contribution in [-0.4, -0.2) is 28.8 Å². The van der Waals surface area contributed by atoms with Gasteiger partial charge in [0.25, 0.3) is 0 Å². The number of phosphoric acid groups is 1. The molecule has 1 amide bonds. The number of nitrogens with one attached hydrogen (secondary N) is 1. The zero-order chi connectivity index (χ0) is 22.1. The number of allylic oxidation sites excluding steroid dienone is 9. The van der Waals surface area contributed by atoms with Crippen LogP contribution < -0.4 is 5.32 Å². The molecule has 29 heavy (non-hydrogen) atoms. The van der Waals surface area contributed by atoms with Gasteiger partial charge in [-0.3, -0.25) is 9.32 Å². The van der Waals surface area contributed by atoms with Crippen molar-refractivity contribution in [2.75, 3.05) is 13.2 Å². The van der Waals surface area contributed by atoms with Crippen LogP contribution in [0.3, 0.4) is 0 Å². The lowest BCUT2D eigenvalue weighted by Gasteiger charge is -2.32. The second kappa shape index (κ2) is 11.5. The Morgan fingerprint density at radius 1 is 1.24 bits per heavy atom. The van der Waals surface area contributed by atoms with Crippen molar-refractivity contribution < 1.29 is 23.7 Å². The molecule has 0 aromatic carbocycles. The highest BCUT2D eigenvalue weighted by atomic mass is 31.2. The van der Waals surface area contributed by atoms with E-state index < -0.39 is 7.82 Å². The first-order valence-electron chi connectivity index (χ1n) is 9.80. The summed E-state index contributed by atoms with van der Waals surface area (Å²) in [6.45, 7) is 10.4. The maximum atomic E-state index is 11.7. The average molecular weight is 423 g/mol. The fourth-order valence-corrected chi connectivity index (χ4v) is 3.61. The lowest BCUT2D eigenvalue weighted by Crippen LogP contribution is -2.25. The molecule has 0 atom stereocenters. The molecule has 162 valence electrons. The van der Waals surface area contributed by atoms with E-state index in [2.05, 4.69) is 42.8 Å². The molecule has 6 nitrogen and oxygen atoms in total. The second-order valence-electron chi connectivity index (χ2n) is 8.04. The lowest BCUT2D eigenvalue weighted by atomic mass is 9.72. The first-order valence-corrected chi connectivity index (χ1v) is 11.3. The van der Waals surface area contributed by atoms with Crippen molar-refractivity contribution in [2.24, 2.45) is 5.41 Å². The summed E-state index contributed by atoms with van der Waals surface area (Å²) < 4.78 is 14.8. The quantitative estimate of drug-likeness (QED) is 0.215. The van der Waals surface area contributed by atoms with E-state index in [1.165, 1.54) is 36.5 Å². The third kappa shape index (κ3) is 10.6. The van der Waals surface area contributed by atoms with Crippen LogP contribution in [-0.2, 0) is 13.9 Å². The van der Waals surface area contributed by atoms with Gasteiger partial charge in [0.05, 0.1) is 6.61 Å². The Balaban J connectivity index is 2.57. The molecule has 1 aliphatic rings. The van der Waals surface area contributed by atoms with Crippen LogP contribution in [0.15, 0.2) is 58.7 Å². The molecule has 0 saturated heterocycles. The predicted molar refractivity (Wildman–Crippen MR) is 117 cm³/mol. The molecule has 0 aromatic heterocycles. The van der Waals surface area contributed by atoms with Gasteiger partial charge in [-0.15, -0.1) is 0 Å². The molecule has 1 rings (SSSR count). The molecule has 1 aliphatic carbocycles. The fourth-order valence-electron chi connectivity index (χ4n) is 3.28. The zero-order valence-corrected chi connectivity index (χ0v) is 19.0. The summed E-state index contributed by atoms with van der Waals surface area (Å²) >= 11 is 0. The van der Waals surface area contributed by atoms with Gasteiger partial charge in [0, 0.05) is 12.6 Å². The topological polar surface area (TPSA) is 95.9 Å². The molecule has 0 spiro atoms. The van der Waals surface area contributed by atoms with Gasteiger partial charge in [-0.2, -0.15) is 0 Å². The van der Waals surface area contributed by atoms with E-state index in [4.69, 9.17) is 9.79 Å². The highest BCUT2D eigenvalue weighted by Gasteiger charge is 2.26. The van der Waals surface area contributed by atoms with Crippen LogP contribution in [0, 0.1) is 5.41 Å². The Labute approximate surface area is 174 Å². The van der Waals surface area contributed by atoms with Gasteiger partial charge in [-0.25, -0.2) is 4.57 Å². The van der Waals surface area contributed by atoms with E-state index in [0.717, 1.165) is 11.1 Å². The third-order valence-electron chi connectivity index (χ3n) is 4.79. The van der Waals surface area contributed by atoms with E-state index >= 15 is 0 Å². The van der Waals surface area contributed by atoms with E-state index in [1.807, 2.05) is 25.2 Å². The van der Waals surface area contributed by atoms with Gasteiger partial charge in [0.1, 0.15) is 0 Å². The molecular weight excluding hydrogens is 389 g/mol. The number of phosphoric ester groups is 1. The number of carbonyl (C=O) groups excluding carboxylic acids is 1. The van der Waals surface area contributed by atoms with E-state index in [1.54, 1.807) is 6.92 Å². The number of hydrogen-bond acceptors (Lipinski definition) is 3. The maximum absolute atomic E-state index is 11.7. The van der Waals surface area contributed by atoms with Crippen molar-refractivity contribution in [2.45, 2.75) is 53.9 Å². The molecular formula is C22H34NO5P. The monoisotopic (exact) mass is 423 g/mol. The van der Waals surface area contributed by atoms with Crippen molar-refractivity contribution in [3.8, 4) is 0 Å². The minimum atomic E-state index is -4.50. The Morgan fingerprint density at radius 2 is 1.93 bits per heavy atom. The molecule has 0 heterocycles. The van der Waals surface area contributed by atoms with Crippen molar-refractivity contribution >= 4 is 13.7 Å². The molecule has 0 bridgehead atoms. The SMILES string of the molecule is CC(C=CC1=C(C)CCCC1(C)C)=CC=C/C(C)=C\C(=O)NCCOP(=O)(O)O. The minimum Gasteiger partial charge on any atom is -0.350 e. The first kappa shape index (κ1) is 25.3. The van der Waals surface area contributed by atoms with Crippen LogP contribution in [0.2, 0.25) is 0 Å². The highest BCUT2D eigenvalue weighted by molar-refractivity contribution is 7.46. The number of hydrogen-bond donors (Lipinski definition) is 3. The summed E-state index contributed by atoms with van der Waals surface area (Å²) in [7, 11) is -4.50. The van der Waals surface area contributed by atoms with Gasteiger partial charge in [0.15, 0.2) is 0 Å². The minimum absolute atomic E-state index is 0.0207. The van der Waals surface area contributed by atoms with Crippen LogP contribution in [0.5, 0.6) is 0 Å². The van der Waals surface area contributed by atoms with Crippen molar-refractivity contribution in [3.63, 3.8) is 0 Å². The smallest absolute Gasteiger partial charge is 0.350 e. The normalized spacial score (nSPS) is 18.7. The lowest BCUT2D eigenvalue weighted by molar-refractivity contribution is -0.116. The van der Waals surface area contributed by atoms with Crippen molar-refractivity contribution in [3.05, 3.63) is 58.7 Å². The van der Waals surface area contributed by atoms with Crippen molar-refractivity contribution in [1.29, 1.82) is 0 Å². The zero-order valence-electron chi connectivity index (χ0n) is 18.1. The second-order valence-corrected chi connectivity index (χ2v) is 9.28. The highest BCUT2D eigenvalue weighted by Crippen LogP contribution is 2.40. The Hall–Kier alpha value is -1.72. The summed E-state index contributed by atoms with van der Waals surface area (Å²) in [6.07, 6.45) is 15.1. The summed E-state index contributed by atoms with van der Waals surface area (Å²) in [5.41, 5.74) is 5.00. The summed E-state index contributed by atoms with van der Waals surface area (Å²) in [5.74, 6) is -0.344. The van der Waals surface area contributed by atoms with Gasteiger partial charge in [-0.05, 0) is 56.6 Å². The Bertz CT molecular complexity index is 781. The molecule has 3 N–H and O–H groups in total. The number of carbonyl (C=O) groups is 1. The molecule has 0 saturated carbocycles. The molecule has 0 aliphatic heterocycles. The van der Waals surface area contributed by atoms with Gasteiger partial charge in [-0.1, -0.05) is 55.4 Å². The maximum Gasteiger partial charge on any atom is 0.469 e. The van der Waals surface area contributed by atoms with Crippen LogP contribution in [0.25, 0.3) is 0 Å². The molecule has 0 aromatic rings. The standard InChI is InChI=1S/C22H34NO5P/c1-17(11-12-20-19(3)10-7-13-22(20,4)5)8-6-9-18(2)16-21(24)23-14-15-28-29(25,26)27/h6,8-9,11-12,16H,7,10,13-15H2,1-5H3,(H,23,24)(H2,25,26,27)/b9-6?,12-11?,17-8?,18-16-. The van der Waals surface area contributed by atoms with Crippen LogP contribution >= 0.6 is 7.82 Å².